The molecule has 3 aromatic rings. The van der Waals surface area contributed by atoms with Crippen LogP contribution in [0.15, 0.2) is 93.8 Å². The van der Waals surface area contributed by atoms with Crippen LogP contribution in [-0.4, -0.2) is 30.6 Å². The van der Waals surface area contributed by atoms with Crippen LogP contribution < -0.4 is 11.1 Å². The minimum atomic E-state index is -4.22. The van der Waals surface area contributed by atoms with Gasteiger partial charge in [0.05, 0.1) is 17.0 Å². The van der Waals surface area contributed by atoms with Crippen LogP contribution in [0.1, 0.15) is 49.9 Å². The Kier molecular flexibility index (Phi) is 9.97. The van der Waals surface area contributed by atoms with Crippen LogP contribution in [0.4, 0.5) is 0 Å². The Hall–Kier alpha value is -2.69. The third kappa shape index (κ3) is 7.21. The number of carbonyl (C=O) groups excluding carboxylic acids is 2. The molecule has 0 fully saturated rings. The Morgan fingerprint density at radius 2 is 1.59 bits per heavy atom. The highest BCUT2D eigenvalue weighted by Crippen LogP contribution is 2.46. The van der Waals surface area contributed by atoms with E-state index < -0.39 is 40.0 Å². The van der Waals surface area contributed by atoms with Gasteiger partial charge in [0.25, 0.3) is 0 Å². The van der Waals surface area contributed by atoms with E-state index in [1.54, 1.807) is 66.7 Å². The molecule has 1 aliphatic heterocycles. The monoisotopic (exact) mass is 677 g/mol. The van der Waals surface area contributed by atoms with Gasteiger partial charge in [0.1, 0.15) is 6.04 Å². The van der Waals surface area contributed by atoms with Gasteiger partial charge in [-0.3, -0.25) is 9.59 Å². The van der Waals surface area contributed by atoms with Gasteiger partial charge in [0, 0.05) is 20.1 Å². The molecule has 1 aliphatic rings. The maximum Gasteiger partial charge on any atom is 0.249 e. The minimum absolute atomic E-state index is 0.0521. The van der Waals surface area contributed by atoms with Crippen molar-refractivity contribution in [1.82, 2.24) is 9.62 Å². The number of nitrogens with two attached hydrogens (primary N) is 1. The molecule has 11 heteroatoms. The molecule has 3 N–H and O–H groups in total. The zero-order valence-electron chi connectivity index (χ0n) is 22.4. The number of rotatable bonds is 9. The van der Waals surface area contributed by atoms with Crippen LogP contribution in [0.25, 0.3) is 0 Å². The van der Waals surface area contributed by atoms with Crippen molar-refractivity contribution in [3.63, 3.8) is 0 Å². The lowest BCUT2D eigenvalue weighted by Gasteiger charge is -2.41. The molecule has 0 bridgehead atoms. The van der Waals surface area contributed by atoms with Crippen LogP contribution in [0.5, 0.6) is 0 Å². The average Bonchev–Trinajstić information content (AvgIpc) is 2.91. The van der Waals surface area contributed by atoms with Crippen molar-refractivity contribution in [1.29, 1.82) is 0 Å². The number of benzene rings is 3. The third-order valence-electron chi connectivity index (χ3n) is 6.82. The van der Waals surface area contributed by atoms with Gasteiger partial charge in [0.2, 0.25) is 21.8 Å². The summed E-state index contributed by atoms with van der Waals surface area (Å²) in [5.74, 6) is -1.17. The van der Waals surface area contributed by atoms with Gasteiger partial charge in [-0.2, -0.15) is 4.31 Å². The van der Waals surface area contributed by atoms with Gasteiger partial charge >= 0.3 is 0 Å². The predicted octanol–water partition coefficient (Wildman–Crippen LogP) is 6.58. The Morgan fingerprint density at radius 1 is 1.00 bits per heavy atom. The minimum Gasteiger partial charge on any atom is -0.368 e. The van der Waals surface area contributed by atoms with E-state index in [1.807, 2.05) is 13.8 Å². The quantitative estimate of drug-likeness (QED) is 0.267. The lowest BCUT2D eigenvalue weighted by atomic mass is 9.88. The molecule has 0 saturated carbocycles. The Morgan fingerprint density at radius 3 is 2.15 bits per heavy atom. The summed E-state index contributed by atoms with van der Waals surface area (Å²) in [6.45, 7) is 3.83. The van der Waals surface area contributed by atoms with Crippen LogP contribution >= 0.6 is 39.1 Å². The molecule has 0 aromatic heterocycles. The SMILES string of the molecule is CC(C)C[C@H](NC(=O)C1=CCC(c2cccc(Cl)c2)N(S(=O)(=O)c2ccc(Br)cc2)C1c1cccc(Cl)c1)C(N)=O. The average molecular weight is 679 g/mol. The van der Waals surface area contributed by atoms with E-state index in [0.717, 1.165) is 4.47 Å². The highest BCUT2D eigenvalue weighted by Gasteiger charge is 2.45. The maximum absolute atomic E-state index is 14.5. The number of amides is 2. The number of hydrogen-bond acceptors (Lipinski definition) is 4. The van der Waals surface area contributed by atoms with Crippen molar-refractivity contribution in [2.75, 3.05) is 0 Å². The number of halogens is 3. The summed E-state index contributed by atoms with van der Waals surface area (Å²) in [5.41, 5.74) is 6.93. The Balaban J connectivity index is 1.93. The van der Waals surface area contributed by atoms with Crippen LogP contribution in [0, 0.1) is 5.92 Å². The number of nitrogens with one attached hydrogen (secondary N) is 1. The van der Waals surface area contributed by atoms with E-state index in [4.69, 9.17) is 28.9 Å². The largest absolute Gasteiger partial charge is 0.368 e. The molecular weight excluding hydrogens is 649 g/mol. The standard InChI is InChI=1S/C30H30BrCl2N3O4S/c1-18(2)15-26(29(34)37)35-30(38)25-13-14-27(19-5-3-7-22(32)16-19)36(28(25)20-6-4-8-23(33)17-20)41(39,40)24-11-9-21(31)10-12-24/h3-13,16-18,26-28H,14-15H2,1-2H3,(H2,34,37)(H,35,38)/t26-,27?,28?/m0/s1. The highest BCUT2D eigenvalue weighted by atomic mass is 79.9. The zero-order valence-corrected chi connectivity index (χ0v) is 26.3. The highest BCUT2D eigenvalue weighted by molar-refractivity contribution is 9.10. The first-order valence-corrected chi connectivity index (χ1v) is 16.0. The van der Waals surface area contributed by atoms with Crippen molar-refractivity contribution < 1.29 is 18.0 Å². The molecule has 0 spiro atoms. The molecule has 7 nitrogen and oxygen atoms in total. The van der Waals surface area contributed by atoms with Gasteiger partial charge in [-0.1, -0.05) is 83.3 Å². The first-order valence-electron chi connectivity index (χ1n) is 13.0. The number of primary amides is 1. The van der Waals surface area contributed by atoms with E-state index in [1.165, 1.54) is 16.4 Å². The summed E-state index contributed by atoms with van der Waals surface area (Å²) >= 11 is 16.1. The Bertz CT molecular complexity index is 1580. The summed E-state index contributed by atoms with van der Waals surface area (Å²) in [6.07, 6.45) is 2.23. The second-order valence-corrected chi connectivity index (χ2v) is 13.9. The van der Waals surface area contributed by atoms with Crippen LogP contribution in [0.3, 0.4) is 0 Å². The van der Waals surface area contributed by atoms with Gasteiger partial charge in [-0.15, -0.1) is 0 Å². The van der Waals surface area contributed by atoms with Gasteiger partial charge in [0.15, 0.2) is 0 Å². The topological polar surface area (TPSA) is 110 Å². The molecule has 2 amide bonds. The van der Waals surface area contributed by atoms with Crippen molar-refractivity contribution in [2.24, 2.45) is 11.7 Å². The first kappa shape index (κ1) is 31.3. The first-order chi connectivity index (χ1) is 19.4. The molecule has 3 atom stereocenters. The van der Waals surface area contributed by atoms with Gasteiger partial charge in [-0.05, 0) is 78.4 Å². The fourth-order valence-electron chi connectivity index (χ4n) is 4.98. The summed E-state index contributed by atoms with van der Waals surface area (Å²) in [5, 5.41) is 3.58. The molecule has 0 saturated heterocycles. The van der Waals surface area contributed by atoms with Crippen molar-refractivity contribution in [3.05, 3.63) is 110 Å². The van der Waals surface area contributed by atoms with E-state index in [2.05, 4.69) is 21.2 Å². The number of sulfonamides is 1. The smallest absolute Gasteiger partial charge is 0.249 e. The number of hydrogen-bond donors (Lipinski definition) is 2. The van der Waals surface area contributed by atoms with Crippen LogP contribution in [0.2, 0.25) is 10.0 Å². The molecule has 2 unspecified atom stereocenters. The molecule has 4 rings (SSSR count). The predicted molar refractivity (Wildman–Crippen MR) is 165 cm³/mol. The molecule has 0 aliphatic carbocycles. The third-order valence-corrected chi connectivity index (χ3v) is 9.71. The molecule has 3 aromatic carbocycles. The summed E-state index contributed by atoms with van der Waals surface area (Å²) in [4.78, 5) is 26.1. The van der Waals surface area contributed by atoms with E-state index in [9.17, 15) is 18.0 Å². The number of carbonyl (C=O) groups is 2. The lowest BCUT2D eigenvalue weighted by molar-refractivity contribution is -0.126. The molecule has 0 radical (unpaired) electrons. The molecule has 216 valence electrons. The normalized spacial score (nSPS) is 18.5. The zero-order chi connectivity index (χ0) is 29.9. The van der Waals surface area contributed by atoms with E-state index >= 15 is 0 Å². The summed E-state index contributed by atoms with van der Waals surface area (Å²) in [6, 6.07) is 17.3. The van der Waals surface area contributed by atoms with Gasteiger partial charge < -0.3 is 11.1 Å². The molecular formula is C30H30BrCl2N3O4S. The molecule has 1 heterocycles. The van der Waals surface area contributed by atoms with Gasteiger partial charge in [-0.25, -0.2) is 8.42 Å². The van der Waals surface area contributed by atoms with Crippen molar-refractivity contribution in [3.8, 4) is 0 Å². The molecule has 41 heavy (non-hydrogen) atoms. The van der Waals surface area contributed by atoms with E-state index in [-0.39, 0.29) is 22.8 Å². The van der Waals surface area contributed by atoms with Crippen LogP contribution in [-0.2, 0) is 19.6 Å². The summed E-state index contributed by atoms with van der Waals surface area (Å²) < 4.78 is 31.0. The summed E-state index contributed by atoms with van der Waals surface area (Å²) in [7, 11) is -4.22. The second-order valence-electron chi connectivity index (χ2n) is 10.3. The number of nitrogens with zero attached hydrogens (tertiary/aromatic N) is 1. The fraction of sp³-hybridized carbons (Fsp3) is 0.267. The van der Waals surface area contributed by atoms with E-state index in [0.29, 0.717) is 27.6 Å². The Labute approximate surface area is 258 Å². The van der Waals surface area contributed by atoms with Crippen molar-refractivity contribution in [2.45, 2.75) is 49.7 Å². The van der Waals surface area contributed by atoms with Crippen molar-refractivity contribution >= 4 is 61.0 Å². The lowest BCUT2D eigenvalue weighted by Crippen LogP contribution is -2.49. The fourth-order valence-corrected chi connectivity index (χ4v) is 7.42. The maximum atomic E-state index is 14.5. The second kappa shape index (κ2) is 13.1.